The molecule has 1 aromatic rings. The highest BCUT2D eigenvalue weighted by Crippen LogP contribution is 2.45. The van der Waals surface area contributed by atoms with E-state index in [9.17, 15) is 5.11 Å². The molecule has 0 fully saturated rings. The van der Waals surface area contributed by atoms with Crippen LogP contribution in [0.15, 0.2) is 35.9 Å². The zero-order valence-corrected chi connectivity index (χ0v) is 11.0. The van der Waals surface area contributed by atoms with Gasteiger partial charge in [-0.2, -0.15) is 0 Å². The van der Waals surface area contributed by atoms with Gasteiger partial charge in [0, 0.05) is 0 Å². The lowest BCUT2D eigenvalue weighted by Gasteiger charge is -2.23. The second-order valence-corrected chi connectivity index (χ2v) is 5.35. The Morgan fingerprint density at radius 2 is 1.94 bits per heavy atom. The van der Waals surface area contributed by atoms with Crippen LogP contribution in [0.1, 0.15) is 45.6 Å². The molecule has 0 heterocycles. The van der Waals surface area contributed by atoms with Gasteiger partial charge in [-0.15, -0.1) is 0 Å². The van der Waals surface area contributed by atoms with Gasteiger partial charge in [0.15, 0.2) is 0 Å². The zero-order valence-electron chi connectivity index (χ0n) is 11.0. The molecular formula is C16H22O. The van der Waals surface area contributed by atoms with Crippen molar-refractivity contribution in [3.8, 4) is 0 Å². The minimum absolute atomic E-state index is 0.569. The highest BCUT2D eigenvalue weighted by atomic mass is 16.3. The van der Waals surface area contributed by atoms with E-state index in [4.69, 9.17) is 0 Å². The number of allylic oxidation sites excluding steroid dienone is 1. The molecule has 0 saturated carbocycles. The molecule has 0 aliphatic heterocycles. The van der Waals surface area contributed by atoms with Crippen LogP contribution in [-0.2, 0) is 0 Å². The third kappa shape index (κ3) is 2.30. The maximum atomic E-state index is 10.6. The molecule has 0 spiro atoms. The maximum absolute atomic E-state index is 10.6. The van der Waals surface area contributed by atoms with Crippen molar-refractivity contribution in [2.45, 2.75) is 45.6 Å². The fraction of sp³-hybridized carbons (Fsp3) is 0.500. The zero-order chi connectivity index (χ0) is 12.5. The monoisotopic (exact) mass is 230 g/mol. The van der Waals surface area contributed by atoms with Crippen molar-refractivity contribution in [1.82, 2.24) is 0 Å². The van der Waals surface area contributed by atoms with Gasteiger partial charge in [0.2, 0.25) is 0 Å². The minimum atomic E-state index is -0.653. The molecule has 1 aromatic carbocycles. The minimum Gasteiger partial charge on any atom is -0.385 e. The van der Waals surface area contributed by atoms with Crippen LogP contribution in [0.25, 0.3) is 5.57 Å². The number of hydrogen-bond acceptors (Lipinski definition) is 1. The number of hydrogen-bond donors (Lipinski definition) is 1. The predicted octanol–water partition coefficient (Wildman–Crippen LogP) is 4.03. The van der Waals surface area contributed by atoms with E-state index in [-0.39, 0.29) is 0 Å². The summed E-state index contributed by atoms with van der Waals surface area (Å²) in [5.74, 6) is 0.569. The van der Waals surface area contributed by atoms with Crippen molar-refractivity contribution in [3.63, 3.8) is 0 Å². The van der Waals surface area contributed by atoms with Gasteiger partial charge in [-0.25, -0.2) is 0 Å². The summed E-state index contributed by atoms with van der Waals surface area (Å²) in [6.45, 7) is 6.43. The van der Waals surface area contributed by atoms with Gasteiger partial charge in [-0.3, -0.25) is 0 Å². The normalized spacial score (nSPS) is 26.4. The summed E-state index contributed by atoms with van der Waals surface area (Å²) in [4.78, 5) is 0. The quantitative estimate of drug-likeness (QED) is 0.831. The highest BCUT2D eigenvalue weighted by molar-refractivity contribution is 5.77. The molecule has 2 rings (SSSR count). The van der Waals surface area contributed by atoms with E-state index in [1.54, 1.807) is 0 Å². The van der Waals surface area contributed by atoms with Crippen LogP contribution >= 0.6 is 0 Å². The molecule has 0 aromatic heterocycles. The van der Waals surface area contributed by atoms with Crippen molar-refractivity contribution in [2.24, 2.45) is 5.92 Å². The first kappa shape index (κ1) is 12.4. The first-order valence-corrected chi connectivity index (χ1v) is 6.57. The average Bonchev–Trinajstić information content (AvgIpc) is 2.65. The summed E-state index contributed by atoms with van der Waals surface area (Å²) in [7, 11) is 0. The summed E-state index contributed by atoms with van der Waals surface area (Å²) >= 11 is 0. The van der Waals surface area contributed by atoms with Crippen LogP contribution in [0.4, 0.5) is 0 Å². The SMILES string of the molecule is CCC(C)C1=C(c2ccccc2)C(C)(O)CC1. The van der Waals surface area contributed by atoms with Crippen LogP contribution in [0.5, 0.6) is 0 Å². The average molecular weight is 230 g/mol. The molecule has 2 atom stereocenters. The Morgan fingerprint density at radius 3 is 2.53 bits per heavy atom. The van der Waals surface area contributed by atoms with Crippen molar-refractivity contribution in [1.29, 1.82) is 0 Å². The lowest BCUT2D eigenvalue weighted by atomic mass is 9.87. The van der Waals surface area contributed by atoms with Crippen molar-refractivity contribution in [3.05, 3.63) is 41.5 Å². The van der Waals surface area contributed by atoms with E-state index < -0.39 is 5.60 Å². The molecule has 92 valence electrons. The molecule has 2 unspecified atom stereocenters. The van der Waals surface area contributed by atoms with Gasteiger partial charge >= 0.3 is 0 Å². The second kappa shape index (κ2) is 4.66. The Morgan fingerprint density at radius 1 is 1.29 bits per heavy atom. The Kier molecular flexibility index (Phi) is 3.39. The fourth-order valence-corrected chi connectivity index (χ4v) is 2.81. The molecule has 1 aliphatic carbocycles. The van der Waals surface area contributed by atoms with E-state index in [0.717, 1.165) is 19.3 Å². The van der Waals surface area contributed by atoms with E-state index in [1.165, 1.54) is 16.7 Å². The van der Waals surface area contributed by atoms with Gasteiger partial charge in [0.05, 0.1) is 5.60 Å². The summed E-state index contributed by atoms with van der Waals surface area (Å²) in [6.07, 6.45) is 3.03. The van der Waals surface area contributed by atoms with Crippen LogP contribution < -0.4 is 0 Å². The van der Waals surface area contributed by atoms with Gasteiger partial charge < -0.3 is 5.11 Å². The van der Waals surface area contributed by atoms with Gasteiger partial charge in [-0.1, -0.05) is 49.8 Å². The third-order valence-corrected chi connectivity index (χ3v) is 4.01. The first-order valence-electron chi connectivity index (χ1n) is 6.57. The number of rotatable bonds is 3. The molecule has 1 N–H and O–H groups in total. The predicted molar refractivity (Wildman–Crippen MR) is 72.7 cm³/mol. The first-order chi connectivity index (χ1) is 8.06. The smallest absolute Gasteiger partial charge is 0.0877 e. The fourth-order valence-electron chi connectivity index (χ4n) is 2.81. The molecule has 1 aliphatic rings. The lowest BCUT2D eigenvalue weighted by molar-refractivity contribution is 0.121. The molecule has 1 heteroatoms. The summed E-state index contributed by atoms with van der Waals surface area (Å²) < 4.78 is 0. The molecule has 0 amide bonds. The Labute approximate surface area is 104 Å². The number of aliphatic hydroxyl groups is 1. The topological polar surface area (TPSA) is 20.2 Å². The summed E-state index contributed by atoms with van der Waals surface area (Å²) in [5, 5.41) is 10.6. The Balaban J connectivity index is 2.50. The van der Waals surface area contributed by atoms with Gasteiger partial charge in [-0.05, 0) is 43.2 Å². The largest absolute Gasteiger partial charge is 0.385 e. The Bertz CT molecular complexity index is 414. The second-order valence-electron chi connectivity index (χ2n) is 5.35. The molecule has 0 bridgehead atoms. The molecule has 0 saturated heterocycles. The van der Waals surface area contributed by atoms with E-state index in [1.807, 2.05) is 25.1 Å². The maximum Gasteiger partial charge on any atom is 0.0877 e. The molecule has 0 radical (unpaired) electrons. The van der Waals surface area contributed by atoms with E-state index in [2.05, 4.69) is 26.0 Å². The van der Waals surface area contributed by atoms with Gasteiger partial charge in [0.25, 0.3) is 0 Å². The highest BCUT2D eigenvalue weighted by Gasteiger charge is 2.36. The van der Waals surface area contributed by atoms with Crippen LogP contribution in [0.3, 0.4) is 0 Å². The van der Waals surface area contributed by atoms with E-state index in [0.29, 0.717) is 5.92 Å². The molecule has 1 nitrogen and oxygen atoms in total. The standard InChI is InChI=1S/C16H22O/c1-4-12(2)14-10-11-16(3,17)15(14)13-8-6-5-7-9-13/h5-9,12,17H,4,10-11H2,1-3H3. The van der Waals surface area contributed by atoms with Crippen molar-refractivity contribution >= 4 is 5.57 Å². The molecule has 17 heavy (non-hydrogen) atoms. The van der Waals surface area contributed by atoms with Gasteiger partial charge in [0.1, 0.15) is 0 Å². The number of benzene rings is 1. The van der Waals surface area contributed by atoms with Crippen molar-refractivity contribution in [2.75, 3.05) is 0 Å². The van der Waals surface area contributed by atoms with E-state index >= 15 is 0 Å². The van der Waals surface area contributed by atoms with Crippen LogP contribution in [-0.4, -0.2) is 10.7 Å². The lowest BCUT2D eigenvalue weighted by Crippen LogP contribution is -2.22. The summed E-state index contributed by atoms with van der Waals surface area (Å²) in [5.41, 5.74) is 3.15. The Hall–Kier alpha value is -1.08. The summed E-state index contributed by atoms with van der Waals surface area (Å²) in [6, 6.07) is 10.3. The van der Waals surface area contributed by atoms with Crippen LogP contribution in [0, 0.1) is 5.92 Å². The van der Waals surface area contributed by atoms with Crippen LogP contribution in [0.2, 0.25) is 0 Å². The molecular weight excluding hydrogens is 208 g/mol. The van der Waals surface area contributed by atoms with Crippen molar-refractivity contribution < 1.29 is 5.11 Å². The third-order valence-electron chi connectivity index (χ3n) is 4.01.